The van der Waals surface area contributed by atoms with Gasteiger partial charge in [0.15, 0.2) is 0 Å². The van der Waals surface area contributed by atoms with Crippen molar-refractivity contribution in [2.75, 3.05) is 0 Å². The average molecular weight is 154 g/mol. The topological polar surface area (TPSA) is 0 Å². The predicted molar refractivity (Wildman–Crippen MR) is 50.5 cm³/mol. The van der Waals surface area contributed by atoms with Crippen LogP contribution in [0.5, 0.6) is 0 Å². The molecule has 66 valence electrons. The van der Waals surface area contributed by atoms with E-state index in [0.717, 1.165) is 17.8 Å². The van der Waals surface area contributed by atoms with Crippen LogP contribution in [0.3, 0.4) is 0 Å². The molecule has 0 aromatic carbocycles. The Labute approximate surface area is 71.4 Å². The van der Waals surface area contributed by atoms with Gasteiger partial charge in [0.05, 0.1) is 0 Å². The Balaban J connectivity index is 2.41. The third kappa shape index (κ3) is 1.45. The number of hydrogen-bond acceptors (Lipinski definition) is 0. The summed E-state index contributed by atoms with van der Waals surface area (Å²) in [5.41, 5.74) is 0.699. The summed E-state index contributed by atoms with van der Waals surface area (Å²) in [7, 11) is 0. The molecular weight excluding hydrogens is 132 g/mol. The third-order valence-corrected chi connectivity index (χ3v) is 3.87. The fraction of sp³-hybridized carbons (Fsp3) is 1.00. The Kier molecular flexibility index (Phi) is 2.32. The van der Waals surface area contributed by atoms with Gasteiger partial charge in [-0.25, -0.2) is 0 Å². The second-order valence-electron chi connectivity index (χ2n) is 4.88. The van der Waals surface area contributed by atoms with Crippen LogP contribution in [0.15, 0.2) is 0 Å². The Bertz CT molecular complexity index is 137. The molecule has 0 heteroatoms. The smallest absolute Gasteiger partial charge is 0.0269 e. The van der Waals surface area contributed by atoms with E-state index in [-0.39, 0.29) is 0 Å². The minimum Gasteiger partial charge on any atom is -0.0648 e. The minimum absolute atomic E-state index is 0.699. The van der Waals surface area contributed by atoms with E-state index in [4.69, 9.17) is 0 Å². The first-order valence-electron chi connectivity index (χ1n) is 5.02. The zero-order valence-corrected chi connectivity index (χ0v) is 8.65. The maximum Gasteiger partial charge on any atom is -0.0269 e. The minimum atomic E-state index is 0.699. The molecule has 3 atom stereocenters. The molecule has 0 amide bonds. The highest BCUT2D eigenvalue weighted by molar-refractivity contribution is 5.04. The van der Waals surface area contributed by atoms with Gasteiger partial charge in [-0.3, -0.25) is 0 Å². The molecule has 0 radical (unpaired) electrons. The van der Waals surface area contributed by atoms with E-state index < -0.39 is 0 Å². The van der Waals surface area contributed by atoms with Gasteiger partial charge in [0, 0.05) is 0 Å². The maximum atomic E-state index is 2.45. The lowest BCUT2D eigenvalue weighted by atomic mass is 9.97. The molecule has 1 fully saturated rings. The van der Waals surface area contributed by atoms with E-state index in [1.807, 2.05) is 0 Å². The van der Waals surface area contributed by atoms with Gasteiger partial charge < -0.3 is 0 Å². The molecule has 0 spiro atoms. The highest BCUT2D eigenvalue weighted by atomic mass is 14.6. The van der Waals surface area contributed by atoms with Crippen molar-refractivity contribution in [2.45, 2.75) is 47.5 Å². The Hall–Kier alpha value is 0. The van der Waals surface area contributed by atoms with Gasteiger partial charge in [-0.15, -0.1) is 0 Å². The summed E-state index contributed by atoms with van der Waals surface area (Å²) in [5, 5.41) is 0. The van der Waals surface area contributed by atoms with Crippen LogP contribution in [0, 0.1) is 23.2 Å². The largest absolute Gasteiger partial charge is 0.0648 e. The van der Waals surface area contributed by atoms with Crippen molar-refractivity contribution in [3.8, 4) is 0 Å². The molecule has 1 aliphatic carbocycles. The molecule has 1 rings (SSSR count). The molecular formula is C11H22. The first-order valence-corrected chi connectivity index (χ1v) is 5.02. The molecule has 1 saturated carbocycles. The van der Waals surface area contributed by atoms with Crippen molar-refractivity contribution in [1.82, 2.24) is 0 Å². The number of hydrogen-bond donors (Lipinski definition) is 0. The Morgan fingerprint density at radius 1 is 1.36 bits per heavy atom. The second kappa shape index (κ2) is 2.80. The molecule has 0 heterocycles. The zero-order chi connectivity index (χ0) is 8.65. The van der Waals surface area contributed by atoms with Crippen LogP contribution in [0.25, 0.3) is 0 Å². The first kappa shape index (κ1) is 9.09. The summed E-state index contributed by atoms with van der Waals surface area (Å²) in [6, 6.07) is 0. The first-order chi connectivity index (χ1) is 5.02. The van der Waals surface area contributed by atoms with Crippen LogP contribution in [-0.4, -0.2) is 0 Å². The quantitative estimate of drug-likeness (QED) is 0.581. The molecule has 3 unspecified atom stereocenters. The summed E-state index contributed by atoms with van der Waals surface area (Å²) in [6.45, 7) is 11.9. The van der Waals surface area contributed by atoms with Crippen LogP contribution in [0.1, 0.15) is 47.5 Å². The maximum absolute atomic E-state index is 2.45. The molecule has 0 aliphatic heterocycles. The van der Waals surface area contributed by atoms with Crippen molar-refractivity contribution >= 4 is 0 Å². The van der Waals surface area contributed by atoms with Gasteiger partial charge in [-0.2, -0.15) is 0 Å². The molecule has 1 aliphatic rings. The normalized spacial score (nSPS) is 43.1. The zero-order valence-electron chi connectivity index (χ0n) is 8.65. The van der Waals surface area contributed by atoms with Crippen LogP contribution >= 0.6 is 0 Å². The van der Waals surface area contributed by atoms with Crippen molar-refractivity contribution < 1.29 is 0 Å². The van der Waals surface area contributed by atoms with E-state index in [2.05, 4.69) is 34.6 Å². The van der Waals surface area contributed by atoms with Crippen molar-refractivity contribution in [2.24, 2.45) is 23.2 Å². The van der Waals surface area contributed by atoms with E-state index in [1.54, 1.807) is 0 Å². The summed E-state index contributed by atoms with van der Waals surface area (Å²) in [6.07, 6.45) is 2.80. The molecule has 0 N–H and O–H groups in total. The fourth-order valence-corrected chi connectivity index (χ4v) is 2.48. The van der Waals surface area contributed by atoms with Gasteiger partial charge in [0.25, 0.3) is 0 Å². The van der Waals surface area contributed by atoms with Crippen LogP contribution in [-0.2, 0) is 0 Å². The van der Waals surface area contributed by atoms with E-state index >= 15 is 0 Å². The lowest BCUT2D eigenvalue weighted by Gasteiger charge is -2.08. The van der Waals surface area contributed by atoms with E-state index in [1.165, 1.54) is 12.8 Å². The van der Waals surface area contributed by atoms with Crippen molar-refractivity contribution in [3.05, 3.63) is 0 Å². The van der Waals surface area contributed by atoms with Gasteiger partial charge in [-0.05, 0) is 29.6 Å². The summed E-state index contributed by atoms with van der Waals surface area (Å²) in [5.74, 6) is 2.89. The van der Waals surface area contributed by atoms with Gasteiger partial charge in [0.2, 0.25) is 0 Å². The fourth-order valence-electron chi connectivity index (χ4n) is 2.48. The second-order valence-corrected chi connectivity index (χ2v) is 4.88. The lowest BCUT2D eigenvalue weighted by Crippen LogP contribution is -1.98. The van der Waals surface area contributed by atoms with Crippen LogP contribution < -0.4 is 0 Å². The van der Waals surface area contributed by atoms with Crippen molar-refractivity contribution in [3.63, 3.8) is 0 Å². The predicted octanol–water partition coefficient (Wildman–Crippen LogP) is 3.71. The van der Waals surface area contributed by atoms with Gasteiger partial charge >= 0.3 is 0 Å². The van der Waals surface area contributed by atoms with Gasteiger partial charge in [0.1, 0.15) is 0 Å². The monoisotopic (exact) mass is 154 g/mol. The summed E-state index contributed by atoms with van der Waals surface area (Å²) >= 11 is 0. The molecule has 0 nitrogen and oxygen atoms in total. The van der Waals surface area contributed by atoms with Crippen LogP contribution in [0.2, 0.25) is 0 Å². The molecule has 11 heavy (non-hydrogen) atoms. The summed E-state index contributed by atoms with van der Waals surface area (Å²) < 4.78 is 0. The van der Waals surface area contributed by atoms with Crippen LogP contribution in [0.4, 0.5) is 0 Å². The Morgan fingerprint density at radius 3 is 2.18 bits per heavy atom. The highest BCUT2D eigenvalue weighted by Crippen LogP contribution is 2.62. The molecule has 0 aromatic heterocycles. The summed E-state index contributed by atoms with van der Waals surface area (Å²) in [4.78, 5) is 0. The third-order valence-electron chi connectivity index (χ3n) is 3.87. The highest BCUT2D eigenvalue weighted by Gasteiger charge is 2.55. The van der Waals surface area contributed by atoms with E-state index in [0.29, 0.717) is 5.41 Å². The van der Waals surface area contributed by atoms with Gasteiger partial charge in [-0.1, -0.05) is 41.0 Å². The standard InChI is InChI=1S/C11H22/c1-6-11(5)9(4)10(11)7-8(2)3/h8-10H,6-7H2,1-5H3. The molecule has 0 aromatic rings. The Morgan fingerprint density at radius 2 is 1.91 bits per heavy atom. The molecule has 0 bridgehead atoms. The molecule has 0 saturated heterocycles. The SMILES string of the molecule is CCC1(C)C(C)C1CC(C)C. The lowest BCUT2D eigenvalue weighted by molar-refractivity contribution is 0.422. The average Bonchev–Trinajstić information content (AvgIpc) is 2.41. The number of rotatable bonds is 3. The van der Waals surface area contributed by atoms with E-state index in [9.17, 15) is 0 Å². The van der Waals surface area contributed by atoms with Crippen molar-refractivity contribution in [1.29, 1.82) is 0 Å².